The Morgan fingerprint density at radius 1 is 1.36 bits per heavy atom. The molecule has 0 bridgehead atoms. The topological polar surface area (TPSA) is 70.5 Å². The molecule has 0 saturated carbocycles. The zero-order valence-electron chi connectivity index (χ0n) is 14.6. The molecule has 1 aliphatic rings. The monoisotopic (exact) mass is 342 g/mol. The van der Waals surface area contributed by atoms with Crippen LogP contribution in [0.2, 0.25) is 0 Å². The number of anilines is 1. The number of benzene rings is 1. The van der Waals surface area contributed by atoms with E-state index in [0.717, 1.165) is 43.1 Å². The van der Waals surface area contributed by atoms with Gasteiger partial charge in [0.2, 0.25) is 0 Å². The maximum Gasteiger partial charge on any atom is 0.151 e. The first-order valence-electron chi connectivity index (χ1n) is 8.85. The fraction of sp³-hybridized carbons (Fsp3) is 0.474. The highest BCUT2D eigenvalue weighted by Gasteiger charge is 2.25. The number of ether oxygens (including phenoxy) is 1. The van der Waals surface area contributed by atoms with E-state index < -0.39 is 6.10 Å². The summed E-state index contributed by atoms with van der Waals surface area (Å²) in [6, 6.07) is 12.2. The van der Waals surface area contributed by atoms with E-state index in [1.54, 1.807) is 6.20 Å². The quantitative estimate of drug-likeness (QED) is 0.762. The van der Waals surface area contributed by atoms with Gasteiger partial charge in [0.25, 0.3) is 0 Å². The molecule has 2 aromatic rings. The third kappa shape index (κ3) is 5.14. The molecule has 6 heteroatoms. The van der Waals surface area contributed by atoms with Crippen LogP contribution in [0, 0.1) is 6.92 Å². The van der Waals surface area contributed by atoms with E-state index >= 15 is 0 Å². The number of rotatable bonds is 8. The maximum atomic E-state index is 10.1. The van der Waals surface area contributed by atoms with Gasteiger partial charge in [-0.3, -0.25) is 0 Å². The summed E-state index contributed by atoms with van der Waals surface area (Å²) in [5.74, 6) is 1.72. The minimum Gasteiger partial charge on any atom is -0.491 e. The molecule has 0 amide bonds. The van der Waals surface area contributed by atoms with Crippen LogP contribution in [-0.4, -0.2) is 53.7 Å². The molecule has 2 heterocycles. The Balaban J connectivity index is 1.40. The molecule has 134 valence electrons. The normalized spacial score (nSPS) is 18.3. The van der Waals surface area contributed by atoms with Crippen LogP contribution in [0.5, 0.6) is 5.75 Å². The van der Waals surface area contributed by atoms with Crippen molar-refractivity contribution >= 4 is 5.82 Å². The lowest BCUT2D eigenvalue weighted by molar-refractivity contribution is 0.106. The van der Waals surface area contributed by atoms with E-state index in [2.05, 4.69) is 20.4 Å². The number of nitrogens with one attached hydrogen (secondary N) is 1. The standard InChI is InChI=1S/C19H26N4O2/c1-15-5-2-7-18(11-15)25-14-17(24)13-20-12-16-6-4-10-23(16)19-8-3-9-21-22-19/h2-3,5,7-9,11,16-17,20,24H,4,6,10,12-14H2,1H3. The predicted molar refractivity (Wildman–Crippen MR) is 98.0 cm³/mol. The Morgan fingerprint density at radius 2 is 2.28 bits per heavy atom. The third-order valence-electron chi connectivity index (χ3n) is 4.42. The van der Waals surface area contributed by atoms with E-state index in [1.807, 2.05) is 43.3 Å². The van der Waals surface area contributed by atoms with E-state index in [-0.39, 0.29) is 6.61 Å². The van der Waals surface area contributed by atoms with Crippen LogP contribution in [0.25, 0.3) is 0 Å². The lowest BCUT2D eigenvalue weighted by Crippen LogP contribution is -2.41. The number of nitrogens with zero attached hydrogens (tertiary/aromatic N) is 3. The molecule has 2 N–H and O–H groups in total. The van der Waals surface area contributed by atoms with Crippen LogP contribution >= 0.6 is 0 Å². The molecule has 6 nitrogen and oxygen atoms in total. The number of hydrogen-bond donors (Lipinski definition) is 2. The van der Waals surface area contributed by atoms with Gasteiger partial charge in [-0.05, 0) is 49.6 Å². The van der Waals surface area contributed by atoms with E-state index in [1.165, 1.54) is 0 Å². The van der Waals surface area contributed by atoms with Crippen molar-refractivity contribution < 1.29 is 9.84 Å². The summed E-state index contributed by atoms with van der Waals surface area (Å²) in [6.07, 6.45) is 3.44. The first-order chi connectivity index (χ1) is 12.2. The molecule has 0 aliphatic carbocycles. The van der Waals surface area contributed by atoms with Crippen LogP contribution in [0.3, 0.4) is 0 Å². The van der Waals surface area contributed by atoms with Crippen molar-refractivity contribution in [1.29, 1.82) is 0 Å². The number of aryl methyl sites for hydroxylation is 1. The molecule has 2 atom stereocenters. The number of aromatic nitrogens is 2. The van der Waals surface area contributed by atoms with Crippen molar-refractivity contribution in [2.75, 3.05) is 31.1 Å². The Kier molecular flexibility index (Phi) is 6.19. The summed E-state index contributed by atoms with van der Waals surface area (Å²) in [4.78, 5) is 2.29. The second-order valence-electron chi connectivity index (χ2n) is 6.51. The number of aliphatic hydroxyl groups excluding tert-OH is 1. The first kappa shape index (κ1) is 17.6. The minimum atomic E-state index is -0.535. The van der Waals surface area contributed by atoms with Gasteiger partial charge >= 0.3 is 0 Å². The lowest BCUT2D eigenvalue weighted by atomic mass is 10.2. The van der Waals surface area contributed by atoms with Crippen molar-refractivity contribution in [2.24, 2.45) is 0 Å². The van der Waals surface area contributed by atoms with Gasteiger partial charge in [0.15, 0.2) is 5.82 Å². The second kappa shape index (κ2) is 8.78. The molecule has 2 unspecified atom stereocenters. The minimum absolute atomic E-state index is 0.287. The van der Waals surface area contributed by atoms with Crippen LogP contribution in [0.1, 0.15) is 18.4 Å². The average molecular weight is 342 g/mol. The molecule has 3 rings (SSSR count). The molecule has 1 aliphatic heterocycles. The summed E-state index contributed by atoms with van der Waals surface area (Å²) < 4.78 is 5.64. The Labute approximate surface area is 148 Å². The van der Waals surface area contributed by atoms with E-state index in [9.17, 15) is 5.11 Å². The summed E-state index contributed by atoms with van der Waals surface area (Å²) in [6.45, 7) is 4.64. The van der Waals surface area contributed by atoms with Crippen molar-refractivity contribution in [3.8, 4) is 5.75 Å². The molecule has 1 aromatic heterocycles. The van der Waals surface area contributed by atoms with E-state index in [0.29, 0.717) is 12.6 Å². The van der Waals surface area contributed by atoms with Gasteiger partial charge in [-0.25, -0.2) is 0 Å². The fourth-order valence-electron chi connectivity index (χ4n) is 3.17. The van der Waals surface area contributed by atoms with Crippen LogP contribution in [0.4, 0.5) is 5.82 Å². The van der Waals surface area contributed by atoms with Crippen LogP contribution in [-0.2, 0) is 0 Å². The Bertz CT molecular complexity index is 653. The fourth-order valence-corrected chi connectivity index (χ4v) is 3.17. The summed E-state index contributed by atoms with van der Waals surface area (Å²) in [5, 5.41) is 21.6. The average Bonchev–Trinajstić information content (AvgIpc) is 3.09. The number of hydrogen-bond acceptors (Lipinski definition) is 6. The Morgan fingerprint density at radius 3 is 3.08 bits per heavy atom. The van der Waals surface area contributed by atoms with Gasteiger partial charge in [-0.1, -0.05) is 12.1 Å². The highest BCUT2D eigenvalue weighted by molar-refractivity contribution is 5.39. The number of aliphatic hydroxyl groups is 1. The smallest absolute Gasteiger partial charge is 0.151 e. The summed E-state index contributed by atoms with van der Waals surface area (Å²) in [7, 11) is 0. The molecule has 1 aromatic carbocycles. The zero-order chi connectivity index (χ0) is 17.5. The van der Waals surface area contributed by atoms with Crippen LogP contribution in [0.15, 0.2) is 42.6 Å². The maximum absolute atomic E-state index is 10.1. The van der Waals surface area contributed by atoms with Crippen molar-refractivity contribution in [3.63, 3.8) is 0 Å². The molecular formula is C19H26N4O2. The van der Waals surface area contributed by atoms with Gasteiger partial charge in [0, 0.05) is 31.9 Å². The van der Waals surface area contributed by atoms with Gasteiger partial charge in [0.1, 0.15) is 18.5 Å². The Hall–Kier alpha value is -2.18. The zero-order valence-corrected chi connectivity index (χ0v) is 14.6. The first-order valence-corrected chi connectivity index (χ1v) is 8.85. The van der Waals surface area contributed by atoms with Crippen molar-refractivity contribution in [2.45, 2.75) is 31.9 Å². The van der Waals surface area contributed by atoms with Crippen molar-refractivity contribution in [3.05, 3.63) is 48.2 Å². The summed E-state index contributed by atoms with van der Waals surface area (Å²) >= 11 is 0. The van der Waals surface area contributed by atoms with Gasteiger partial charge in [-0.2, -0.15) is 5.10 Å². The van der Waals surface area contributed by atoms with Gasteiger partial charge in [0.05, 0.1) is 0 Å². The lowest BCUT2D eigenvalue weighted by Gasteiger charge is -2.26. The summed E-state index contributed by atoms with van der Waals surface area (Å²) in [5.41, 5.74) is 1.15. The molecule has 1 fully saturated rings. The van der Waals surface area contributed by atoms with Crippen molar-refractivity contribution in [1.82, 2.24) is 15.5 Å². The van der Waals surface area contributed by atoms with Gasteiger partial charge in [-0.15, -0.1) is 5.10 Å². The van der Waals surface area contributed by atoms with Gasteiger partial charge < -0.3 is 20.1 Å². The third-order valence-corrected chi connectivity index (χ3v) is 4.42. The van der Waals surface area contributed by atoms with E-state index in [4.69, 9.17) is 4.74 Å². The molecule has 25 heavy (non-hydrogen) atoms. The molecular weight excluding hydrogens is 316 g/mol. The predicted octanol–water partition coefficient (Wildman–Crippen LogP) is 1.78. The SMILES string of the molecule is Cc1cccc(OCC(O)CNCC2CCCN2c2cccnn2)c1. The molecule has 0 radical (unpaired) electrons. The second-order valence-corrected chi connectivity index (χ2v) is 6.51. The van der Waals surface area contributed by atoms with Crippen LogP contribution < -0.4 is 15.0 Å². The molecule has 1 saturated heterocycles. The largest absolute Gasteiger partial charge is 0.491 e. The highest BCUT2D eigenvalue weighted by Crippen LogP contribution is 2.22. The highest BCUT2D eigenvalue weighted by atomic mass is 16.5. The molecule has 0 spiro atoms.